The van der Waals surface area contributed by atoms with E-state index in [1.165, 1.54) is 0 Å². The molecule has 0 fully saturated rings. The van der Waals surface area contributed by atoms with Gasteiger partial charge in [0.1, 0.15) is 13.2 Å². The minimum atomic E-state index is -0.863. The lowest BCUT2D eigenvalue weighted by molar-refractivity contribution is -0.164. The molecule has 0 rings (SSSR count). The van der Waals surface area contributed by atoms with Crippen molar-refractivity contribution in [2.75, 3.05) is 26.4 Å². The molecule has 0 bridgehead atoms. The minimum absolute atomic E-state index is 0.0518. The number of hydrogen-bond acceptors (Lipinski definition) is 6. The van der Waals surface area contributed by atoms with Crippen molar-refractivity contribution in [3.63, 3.8) is 0 Å². The number of carbonyl (C=O) groups excluding carboxylic acids is 2. The zero-order valence-corrected chi connectivity index (χ0v) is 12.8. The van der Waals surface area contributed by atoms with E-state index in [-0.39, 0.29) is 32.8 Å². The Morgan fingerprint density at radius 1 is 0.950 bits per heavy atom. The Balaban J connectivity index is 4.82. The van der Waals surface area contributed by atoms with Gasteiger partial charge < -0.3 is 19.7 Å². The van der Waals surface area contributed by atoms with E-state index in [0.29, 0.717) is 6.42 Å². The van der Waals surface area contributed by atoms with Crippen LogP contribution in [0, 0.1) is 10.8 Å². The second kappa shape index (κ2) is 8.21. The summed E-state index contributed by atoms with van der Waals surface area (Å²) in [7, 11) is 0. The number of aliphatic hydroxyl groups excluding tert-OH is 2. The molecule has 118 valence electrons. The molecule has 0 aromatic carbocycles. The quantitative estimate of drug-likeness (QED) is 0.613. The van der Waals surface area contributed by atoms with Gasteiger partial charge in [-0.05, 0) is 33.6 Å². The summed E-state index contributed by atoms with van der Waals surface area (Å²) in [5.74, 6) is -0.890. The van der Waals surface area contributed by atoms with Gasteiger partial charge in [-0.2, -0.15) is 0 Å². The second-order valence-corrected chi connectivity index (χ2v) is 5.69. The van der Waals surface area contributed by atoms with Gasteiger partial charge in [-0.15, -0.1) is 0 Å². The fourth-order valence-electron chi connectivity index (χ4n) is 2.04. The summed E-state index contributed by atoms with van der Waals surface area (Å²) in [4.78, 5) is 24.0. The molecule has 1 atom stereocenters. The molecule has 0 aliphatic carbocycles. The normalized spacial score (nSPS) is 14.5. The highest BCUT2D eigenvalue weighted by Gasteiger charge is 2.42. The van der Waals surface area contributed by atoms with Crippen LogP contribution in [0.4, 0.5) is 0 Å². The molecule has 0 aromatic heterocycles. The molecule has 0 radical (unpaired) electrons. The topological polar surface area (TPSA) is 93.1 Å². The third-order valence-corrected chi connectivity index (χ3v) is 3.31. The van der Waals surface area contributed by atoms with Gasteiger partial charge in [-0.3, -0.25) is 9.59 Å². The van der Waals surface area contributed by atoms with Crippen LogP contribution in [0.5, 0.6) is 0 Å². The van der Waals surface area contributed by atoms with Gasteiger partial charge in [0.2, 0.25) is 0 Å². The van der Waals surface area contributed by atoms with Crippen molar-refractivity contribution >= 4 is 11.9 Å². The number of aliphatic hydroxyl groups is 2. The standard InChI is InChI=1S/C14H26O6/c1-5-14(4,12(18)20-9-7-16)10-13(2,3)11(17)19-8-6-15/h15-16H,5-10H2,1-4H3. The van der Waals surface area contributed by atoms with E-state index in [1.807, 2.05) is 6.92 Å². The average molecular weight is 290 g/mol. The van der Waals surface area contributed by atoms with E-state index in [9.17, 15) is 9.59 Å². The fourth-order valence-corrected chi connectivity index (χ4v) is 2.04. The van der Waals surface area contributed by atoms with Crippen molar-refractivity contribution in [2.24, 2.45) is 10.8 Å². The van der Waals surface area contributed by atoms with Crippen LogP contribution in [0.25, 0.3) is 0 Å². The van der Waals surface area contributed by atoms with Crippen LogP contribution in [0.1, 0.15) is 40.5 Å². The van der Waals surface area contributed by atoms with Gasteiger partial charge in [0.05, 0.1) is 24.0 Å². The first-order valence-corrected chi connectivity index (χ1v) is 6.79. The molecule has 6 nitrogen and oxygen atoms in total. The fraction of sp³-hybridized carbons (Fsp3) is 0.857. The smallest absolute Gasteiger partial charge is 0.311 e. The molecule has 0 aliphatic rings. The Hall–Kier alpha value is -1.14. The Kier molecular flexibility index (Phi) is 7.75. The lowest BCUT2D eigenvalue weighted by Crippen LogP contribution is -2.39. The van der Waals surface area contributed by atoms with Crippen LogP contribution in [0.3, 0.4) is 0 Å². The Bertz CT molecular complexity index is 326. The summed E-state index contributed by atoms with van der Waals surface area (Å²) in [6.45, 7) is 6.39. The van der Waals surface area contributed by atoms with Crippen LogP contribution < -0.4 is 0 Å². The van der Waals surface area contributed by atoms with Crippen LogP contribution in [-0.4, -0.2) is 48.6 Å². The predicted molar refractivity (Wildman–Crippen MR) is 72.9 cm³/mol. The Morgan fingerprint density at radius 2 is 1.40 bits per heavy atom. The monoisotopic (exact) mass is 290 g/mol. The van der Waals surface area contributed by atoms with Gasteiger partial charge in [0.15, 0.2) is 0 Å². The molecule has 0 saturated heterocycles. The highest BCUT2D eigenvalue weighted by atomic mass is 16.5. The summed E-state index contributed by atoms with van der Waals surface area (Å²) in [6, 6.07) is 0. The first-order valence-electron chi connectivity index (χ1n) is 6.79. The van der Waals surface area contributed by atoms with Gasteiger partial charge in [-0.1, -0.05) is 6.92 Å². The number of carbonyl (C=O) groups is 2. The van der Waals surface area contributed by atoms with Crippen molar-refractivity contribution < 1.29 is 29.3 Å². The first kappa shape index (κ1) is 18.9. The van der Waals surface area contributed by atoms with E-state index in [0.717, 1.165) is 0 Å². The molecule has 0 spiro atoms. The first-order chi connectivity index (χ1) is 9.23. The van der Waals surface area contributed by atoms with Crippen molar-refractivity contribution in [3.05, 3.63) is 0 Å². The molecule has 0 aromatic rings. The average Bonchev–Trinajstić information content (AvgIpc) is 2.41. The largest absolute Gasteiger partial charge is 0.463 e. The van der Waals surface area contributed by atoms with Gasteiger partial charge >= 0.3 is 11.9 Å². The molecule has 0 aliphatic heterocycles. The Morgan fingerprint density at radius 3 is 1.80 bits per heavy atom. The maximum absolute atomic E-state index is 12.0. The Labute approximate surface area is 120 Å². The summed E-state index contributed by atoms with van der Waals surface area (Å²) >= 11 is 0. The SMILES string of the molecule is CCC(C)(CC(C)(C)C(=O)OCCO)C(=O)OCCO. The van der Waals surface area contributed by atoms with Crippen molar-refractivity contribution in [1.29, 1.82) is 0 Å². The zero-order chi connectivity index (χ0) is 15.8. The summed E-state index contributed by atoms with van der Waals surface area (Å²) in [5.41, 5.74) is -1.69. The van der Waals surface area contributed by atoms with Crippen LogP contribution >= 0.6 is 0 Å². The van der Waals surface area contributed by atoms with E-state index in [4.69, 9.17) is 19.7 Å². The van der Waals surface area contributed by atoms with E-state index in [2.05, 4.69) is 0 Å². The van der Waals surface area contributed by atoms with Gasteiger partial charge in [0.25, 0.3) is 0 Å². The summed E-state index contributed by atoms with van der Waals surface area (Å²) < 4.78 is 9.90. The van der Waals surface area contributed by atoms with Crippen molar-refractivity contribution in [2.45, 2.75) is 40.5 Å². The lowest BCUT2D eigenvalue weighted by atomic mass is 9.72. The highest BCUT2D eigenvalue weighted by molar-refractivity contribution is 5.80. The molecule has 0 heterocycles. The van der Waals surface area contributed by atoms with E-state index < -0.39 is 22.8 Å². The van der Waals surface area contributed by atoms with E-state index >= 15 is 0 Å². The molecule has 0 amide bonds. The predicted octanol–water partition coefficient (Wildman–Crippen LogP) is 0.890. The number of rotatable bonds is 9. The lowest BCUT2D eigenvalue weighted by Gasteiger charge is -2.33. The van der Waals surface area contributed by atoms with Crippen LogP contribution in [0.2, 0.25) is 0 Å². The third kappa shape index (κ3) is 5.46. The van der Waals surface area contributed by atoms with Crippen molar-refractivity contribution in [1.82, 2.24) is 0 Å². The zero-order valence-electron chi connectivity index (χ0n) is 12.8. The molecule has 1 unspecified atom stereocenters. The number of esters is 2. The van der Waals surface area contributed by atoms with Gasteiger partial charge in [-0.25, -0.2) is 0 Å². The van der Waals surface area contributed by atoms with Crippen LogP contribution in [0.15, 0.2) is 0 Å². The van der Waals surface area contributed by atoms with Crippen molar-refractivity contribution in [3.8, 4) is 0 Å². The minimum Gasteiger partial charge on any atom is -0.463 e. The van der Waals surface area contributed by atoms with Gasteiger partial charge in [0, 0.05) is 0 Å². The second-order valence-electron chi connectivity index (χ2n) is 5.69. The maximum Gasteiger partial charge on any atom is 0.311 e. The summed E-state index contributed by atoms with van der Waals surface area (Å²) in [5, 5.41) is 17.4. The maximum atomic E-state index is 12.0. The molecule has 2 N–H and O–H groups in total. The molecule has 20 heavy (non-hydrogen) atoms. The summed E-state index contributed by atoms with van der Waals surface area (Å²) in [6.07, 6.45) is 0.777. The van der Waals surface area contributed by atoms with Crippen LogP contribution in [-0.2, 0) is 19.1 Å². The number of ether oxygens (including phenoxy) is 2. The molecule has 0 saturated carbocycles. The third-order valence-electron chi connectivity index (χ3n) is 3.31. The molecule has 6 heteroatoms. The molecular weight excluding hydrogens is 264 g/mol. The molecular formula is C14H26O6. The highest BCUT2D eigenvalue weighted by Crippen LogP contribution is 2.38. The number of hydrogen-bond donors (Lipinski definition) is 2. The van der Waals surface area contributed by atoms with E-state index in [1.54, 1.807) is 20.8 Å².